The summed E-state index contributed by atoms with van der Waals surface area (Å²) in [4.78, 5) is 5.09. The molecule has 1 unspecified atom stereocenters. The van der Waals surface area contributed by atoms with Crippen molar-refractivity contribution in [2.75, 3.05) is 45.1 Å². The Bertz CT molecular complexity index is 160. The molecular formula is C12H25ClN2. The lowest BCUT2D eigenvalue weighted by atomic mass is 10.1. The maximum Gasteiger partial charge on any atom is 0.0226 e. The molecule has 0 radical (unpaired) electrons. The number of hydrogen-bond acceptors (Lipinski definition) is 2. The molecule has 0 aromatic carbocycles. The van der Waals surface area contributed by atoms with Gasteiger partial charge >= 0.3 is 0 Å². The molecule has 1 saturated heterocycles. The molecule has 0 spiro atoms. The van der Waals surface area contributed by atoms with Crippen molar-refractivity contribution in [2.45, 2.75) is 26.7 Å². The highest BCUT2D eigenvalue weighted by Crippen LogP contribution is 2.19. The number of hydrogen-bond donors (Lipinski definition) is 0. The molecule has 1 rings (SSSR count). The molecule has 1 fully saturated rings. The molecule has 3 heteroatoms. The summed E-state index contributed by atoms with van der Waals surface area (Å²) in [5, 5.41) is 0. The van der Waals surface area contributed by atoms with E-state index in [1.165, 1.54) is 52.1 Å². The minimum atomic E-state index is 0.828. The Labute approximate surface area is 99.6 Å². The van der Waals surface area contributed by atoms with Gasteiger partial charge in [-0.3, -0.25) is 0 Å². The Kier molecular flexibility index (Phi) is 6.62. The molecule has 0 saturated carbocycles. The van der Waals surface area contributed by atoms with E-state index in [4.69, 9.17) is 11.6 Å². The van der Waals surface area contributed by atoms with Crippen molar-refractivity contribution >= 4 is 11.6 Å². The highest BCUT2D eigenvalue weighted by atomic mass is 35.5. The van der Waals surface area contributed by atoms with E-state index < -0.39 is 0 Å². The lowest BCUT2D eigenvalue weighted by Gasteiger charge is -2.22. The number of likely N-dealkylation sites (tertiary alicyclic amines) is 1. The van der Waals surface area contributed by atoms with Crippen molar-refractivity contribution in [3.05, 3.63) is 0 Å². The molecule has 15 heavy (non-hydrogen) atoms. The summed E-state index contributed by atoms with van der Waals surface area (Å²) in [6, 6.07) is 0. The van der Waals surface area contributed by atoms with Gasteiger partial charge in [0.2, 0.25) is 0 Å². The van der Waals surface area contributed by atoms with E-state index in [0.29, 0.717) is 0 Å². The van der Waals surface area contributed by atoms with Crippen LogP contribution >= 0.6 is 11.6 Å². The van der Waals surface area contributed by atoms with E-state index in [1.807, 2.05) is 0 Å². The first-order chi connectivity index (χ1) is 7.30. The lowest BCUT2D eigenvalue weighted by Crippen LogP contribution is -2.34. The van der Waals surface area contributed by atoms with Crippen molar-refractivity contribution in [2.24, 2.45) is 5.92 Å². The number of nitrogens with zero attached hydrogens (tertiary/aromatic N) is 2. The molecule has 0 aromatic heterocycles. The fourth-order valence-corrected chi connectivity index (χ4v) is 2.64. The van der Waals surface area contributed by atoms with Crippen molar-refractivity contribution in [1.82, 2.24) is 9.80 Å². The third-order valence-electron chi connectivity index (χ3n) is 3.51. The Morgan fingerprint density at radius 1 is 1.33 bits per heavy atom. The van der Waals surface area contributed by atoms with Gasteiger partial charge in [0.25, 0.3) is 0 Å². The van der Waals surface area contributed by atoms with Crippen LogP contribution in [0.2, 0.25) is 0 Å². The molecule has 1 aliphatic heterocycles. The molecule has 0 amide bonds. The molecule has 0 N–H and O–H groups in total. The average molecular weight is 233 g/mol. The standard InChI is InChI=1S/C12H25ClN2/c1-3-14(4-2)9-10-15-8-6-12(11-15)5-7-13/h12H,3-11H2,1-2H3. The maximum atomic E-state index is 5.77. The van der Waals surface area contributed by atoms with Crippen LogP contribution in [-0.2, 0) is 0 Å². The average Bonchev–Trinajstić information content (AvgIpc) is 2.68. The predicted molar refractivity (Wildman–Crippen MR) is 67.7 cm³/mol. The normalized spacial score (nSPS) is 22.8. The third kappa shape index (κ3) is 4.71. The van der Waals surface area contributed by atoms with Gasteiger partial charge < -0.3 is 9.80 Å². The van der Waals surface area contributed by atoms with Gasteiger partial charge in [-0.05, 0) is 38.4 Å². The fourth-order valence-electron chi connectivity index (χ4n) is 2.33. The minimum absolute atomic E-state index is 0.828. The first-order valence-corrected chi connectivity index (χ1v) is 6.84. The molecule has 0 bridgehead atoms. The quantitative estimate of drug-likeness (QED) is 0.622. The number of rotatable bonds is 7. The second kappa shape index (κ2) is 7.48. The second-order valence-electron chi connectivity index (χ2n) is 4.46. The summed E-state index contributed by atoms with van der Waals surface area (Å²) in [5.74, 6) is 1.69. The van der Waals surface area contributed by atoms with E-state index in [2.05, 4.69) is 23.6 Å². The van der Waals surface area contributed by atoms with Crippen LogP contribution in [0.3, 0.4) is 0 Å². The Hall–Kier alpha value is 0.210. The second-order valence-corrected chi connectivity index (χ2v) is 4.84. The SMILES string of the molecule is CCN(CC)CCN1CCC(CCCl)C1. The maximum absolute atomic E-state index is 5.77. The number of likely N-dealkylation sites (N-methyl/N-ethyl adjacent to an activating group) is 1. The van der Waals surface area contributed by atoms with Gasteiger partial charge in [-0.25, -0.2) is 0 Å². The van der Waals surface area contributed by atoms with Crippen LogP contribution in [0.1, 0.15) is 26.7 Å². The van der Waals surface area contributed by atoms with Gasteiger partial charge in [0.15, 0.2) is 0 Å². The molecule has 1 atom stereocenters. The predicted octanol–water partition coefficient (Wildman–Crippen LogP) is 2.28. The van der Waals surface area contributed by atoms with E-state index in [1.54, 1.807) is 0 Å². The highest BCUT2D eigenvalue weighted by Gasteiger charge is 2.21. The van der Waals surface area contributed by atoms with E-state index >= 15 is 0 Å². The van der Waals surface area contributed by atoms with Gasteiger partial charge in [0.1, 0.15) is 0 Å². The van der Waals surface area contributed by atoms with E-state index in [9.17, 15) is 0 Å². The van der Waals surface area contributed by atoms with Crippen molar-refractivity contribution < 1.29 is 0 Å². The molecule has 0 aliphatic carbocycles. The first kappa shape index (κ1) is 13.3. The monoisotopic (exact) mass is 232 g/mol. The summed E-state index contributed by atoms with van der Waals surface area (Å²) in [6.07, 6.45) is 2.55. The summed E-state index contributed by atoms with van der Waals surface area (Å²) in [6.45, 7) is 11.8. The summed E-state index contributed by atoms with van der Waals surface area (Å²) in [7, 11) is 0. The molecule has 1 aliphatic rings. The zero-order chi connectivity index (χ0) is 11.1. The topological polar surface area (TPSA) is 6.48 Å². The highest BCUT2D eigenvalue weighted by molar-refractivity contribution is 6.17. The van der Waals surface area contributed by atoms with Gasteiger partial charge in [-0.1, -0.05) is 13.8 Å². The van der Waals surface area contributed by atoms with Crippen LogP contribution in [0.5, 0.6) is 0 Å². The van der Waals surface area contributed by atoms with Crippen LogP contribution < -0.4 is 0 Å². The zero-order valence-electron chi connectivity index (χ0n) is 10.2. The zero-order valence-corrected chi connectivity index (χ0v) is 11.0. The fraction of sp³-hybridized carbons (Fsp3) is 1.00. The van der Waals surface area contributed by atoms with Crippen LogP contribution in [0.4, 0.5) is 0 Å². The van der Waals surface area contributed by atoms with Crippen molar-refractivity contribution in [1.29, 1.82) is 0 Å². The smallest absolute Gasteiger partial charge is 0.0226 e. The number of alkyl halides is 1. The van der Waals surface area contributed by atoms with Gasteiger partial charge in [0.05, 0.1) is 0 Å². The molecular weight excluding hydrogens is 208 g/mol. The van der Waals surface area contributed by atoms with Crippen LogP contribution in [0, 0.1) is 5.92 Å². The van der Waals surface area contributed by atoms with Crippen molar-refractivity contribution in [3.63, 3.8) is 0 Å². The van der Waals surface area contributed by atoms with Crippen LogP contribution in [-0.4, -0.2) is 54.9 Å². The van der Waals surface area contributed by atoms with E-state index in [0.717, 1.165) is 11.8 Å². The number of halogens is 1. The largest absolute Gasteiger partial charge is 0.303 e. The minimum Gasteiger partial charge on any atom is -0.303 e. The summed E-state index contributed by atoms with van der Waals surface area (Å²) in [5.41, 5.74) is 0. The van der Waals surface area contributed by atoms with Gasteiger partial charge in [0, 0.05) is 25.5 Å². The van der Waals surface area contributed by atoms with Crippen LogP contribution in [0.25, 0.3) is 0 Å². The van der Waals surface area contributed by atoms with Crippen molar-refractivity contribution in [3.8, 4) is 0 Å². The molecule has 90 valence electrons. The first-order valence-electron chi connectivity index (χ1n) is 6.30. The van der Waals surface area contributed by atoms with Crippen LogP contribution in [0.15, 0.2) is 0 Å². The molecule has 2 nitrogen and oxygen atoms in total. The summed E-state index contributed by atoms with van der Waals surface area (Å²) < 4.78 is 0. The molecule has 0 aromatic rings. The molecule has 1 heterocycles. The summed E-state index contributed by atoms with van der Waals surface area (Å²) >= 11 is 5.77. The van der Waals surface area contributed by atoms with E-state index in [-0.39, 0.29) is 0 Å². The van der Waals surface area contributed by atoms with Gasteiger partial charge in [-0.2, -0.15) is 0 Å². The Morgan fingerprint density at radius 2 is 2.07 bits per heavy atom. The lowest BCUT2D eigenvalue weighted by molar-refractivity contribution is 0.236. The Morgan fingerprint density at radius 3 is 2.67 bits per heavy atom. The Balaban J connectivity index is 2.13. The third-order valence-corrected chi connectivity index (χ3v) is 3.73. The van der Waals surface area contributed by atoms with Gasteiger partial charge in [-0.15, -0.1) is 11.6 Å².